The van der Waals surface area contributed by atoms with Crippen LogP contribution in [0.2, 0.25) is 0 Å². The number of nitriles is 1. The Morgan fingerprint density at radius 3 is 2.92 bits per heavy atom. The molecule has 0 aliphatic carbocycles. The zero-order chi connectivity index (χ0) is 9.68. The van der Waals surface area contributed by atoms with E-state index in [0.717, 1.165) is 0 Å². The van der Waals surface area contributed by atoms with Crippen molar-refractivity contribution in [2.45, 2.75) is 26.2 Å². The lowest BCUT2D eigenvalue weighted by molar-refractivity contribution is 0.419. The summed E-state index contributed by atoms with van der Waals surface area (Å²) in [5, 5.41) is 14.9. The average molecular weight is 180 g/mol. The van der Waals surface area contributed by atoms with Gasteiger partial charge in [0.15, 0.2) is 5.82 Å². The lowest BCUT2D eigenvalue weighted by Crippen LogP contribution is -2.00. The largest absolute Gasteiger partial charge is 0.337 e. The van der Waals surface area contributed by atoms with Gasteiger partial charge in [-0.2, -0.15) is 10.2 Å². The van der Waals surface area contributed by atoms with Gasteiger partial charge < -0.3 is 9.84 Å². The standard InChI is InChI=1S/C8H12N4O/c1-6(2)7-11-8(13-12-7)10-5-3-4-9/h6H,3,5H2,1-2H3,(H,10,11,12). The molecule has 0 fully saturated rings. The minimum atomic E-state index is 0.260. The highest BCUT2D eigenvalue weighted by atomic mass is 16.5. The first-order valence-corrected chi connectivity index (χ1v) is 4.18. The van der Waals surface area contributed by atoms with Gasteiger partial charge in [0.25, 0.3) is 0 Å². The van der Waals surface area contributed by atoms with Crippen molar-refractivity contribution in [2.75, 3.05) is 11.9 Å². The maximum atomic E-state index is 8.28. The average Bonchev–Trinajstić information content (AvgIpc) is 2.53. The topological polar surface area (TPSA) is 74.7 Å². The molecule has 0 saturated carbocycles. The van der Waals surface area contributed by atoms with Crippen LogP contribution < -0.4 is 5.32 Å². The van der Waals surface area contributed by atoms with E-state index < -0.39 is 0 Å². The van der Waals surface area contributed by atoms with Crippen LogP contribution in [0.4, 0.5) is 6.01 Å². The van der Waals surface area contributed by atoms with E-state index in [4.69, 9.17) is 9.78 Å². The zero-order valence-electron chi connectivity index (χ0n) is 7.74. The normalized spacial score (nSPS) is 10.0. The fraction of sp³-hybridized carbons (Fsp3) is 0.625. The Balaban J connectivity index is 2.45. The third-order valence-electron chi connectivity index (χ3n) is 1.47. The van der Waals surface area contributed by atoms with Gasteiger partial charge in [0.05, 0.1) is 12.5 Å². The quantitative estimate of drug-likeness (QED) is 0.711. The predicted molar refractivity (Wildman–Crippen MR) is 47.1 cm³/mol. The molecule has 1 heterocycles. The maximum absolute atomic E-state index is 8.28. The Bertz CT molecular complexity index is 299. The molecule has 0 radical (unpaired) electrons. The number of nitrogens with zero attached hydrogens (tertiary/aromatic N) is 3. The number of hydrogen-bond donors (Lipinski definition) is 1. The second-order valence-electron chi connectivity index (χ2n) is 2.95. The van der Waals surface area contributed by atoms with E-state index in [9.17, 15) is 0 Å². The van der Waals surface area contributed by atoms with Gasteiger partial charge in [-0.1, -0.05) is 19.0 Å². The third kappa shape index (κ3) is 2.75. The molecular weight excluding hydrogens is 168 g/mol. The molecule has 1 rings (SSSR count). The molecule has 13 heavy (non-hydrogen) atoms. The molecule has 0 aromatic carbocycles. The molecule has 0 saturated heterocycles. The molecule has 70 valence electrons. The summed E-state index contributed by atoms with van der Waals surface area (Å²) in [6, 6.07) is 2.40. The van der Waals surface area contributed by atoms with Crippen molar-refractivity contribution in [2.24, 2.45) is 0 Å². The third-order valence-corrected chi connectivity index (χ3v) is 1.47. The highest BCUT2D eigenvalue weighted by molar-refractivity contribution is 5.18. The summed E-state index contributed by atoms with van der Waals surface area (Å²) in [6.07, 6.45) is 0.430. The van der Waals surface area contributed by atoms with Crippen molar-refractivity contribution >= 4 is 6.01 Å². The molecule has 1 N–H and O–H groups in total. The Morgan fingerprint density at radius 2 is 2.38 bits per heavy atom. The van der Waals surface area contributed by atoms with Crippen LogP contribution in [0.1, 0.15) is 32.0 Å². The summed E-state index contributed by atoms with van der Waals surface area (Å²) < 4.78 is 4.89. The summed E-state index contributed by atoms with van der Waals surface area (Å²) in [5.41, 5.74) is 0. The van der Waals surface area contributed by atoms with E-state index in [1.165, 1.54) is 0 Å². The Hall–Kier alpha value is -1.57. The number of aromatic nitrogens is 2. The second-order valence-corrected chi connectivity index (χ2v) is 2.95. The fourth-order valence-corrected chi connectivity index (χ4v) is 0.767. The van der Waals surface area contributed by atoms with E-state index in [-0.39, 0.29) is 5.92 Å². The summed E-state index contributed by atoms with van der Waals surface area (Å²) >= 11 is 0. The van der Waals surface area contributed by atoms with Gasteiger partial charge in [-0.25, -0.2) is 0 Å². The van der Waals surface area contributed by atoms with Gasteiger partial charge in [-0.05, 0) is 0 Å². The zero-order valence-corrected chi connectivity index (χ0v) is 7.74. The van der Waals surface area contributed by atoms with Gasteiger partial charge in [0.2, 0.25) is 0 Å². The second kappa shape index (κ2) is 4.45. The van der Waals surface area contributed by atoms with Crippen molar-refractivity contribution in [3.63, 3.8) is 0 Å². The van der Waals surface area contributed by atoms with E-state index in [1.54, 1.807) is 0 Å². The minimum absolute atomic E-state index is 0.260. The predicted octanol–water partition coefficient (Wildman–Crippen LogP) is 1.52. The summed E-state index contributed by atoms with van der Waals surface area (Å²) in [5.74, 6) is 0.940. The Kier molecular flexibility index (Phi) is 3.26. The van der Waals surface area contributed by atoms with Crippen molar-refractivity contribution in [3.05, 3.63) is 5.82 Å². The number of anilines is 1. The van der Waals surface area contributed by atoms with Gasteiger partial charge in [0.1, 0.15) is 0 Å². The van der Waals surface area contributed by atoms with E-state index in [2.05, 4.69) is 15.5 Å². The highest BCUT2D eigenvalue weighted by Gasteiger charge is 2.08. The van der Waals surface area contributed by atoms with Crippen LogP contribution in [0.15, 0.2) is 4.52 Å². The van der Waals surface area contributed by atoms with Gasteiger partial charge in [-0.3, -0.25) is 0 Å². The first kappa shape index (κ1) is 9.52. The monoisotopic (exact) mass is 180 g/mol. The van der Waals surface area contributed by atoms with E-state index >= 15 is 0 Å². The van der Waals surface area contributed by atoms with Crippen LogP contribution >= 0.6 is 0 Å². The molecule has 5 nitrogen and oxygen atoms in total. The molecule has 0 bridgehead atoms. The molecule has 0 aliphatic heterocycles. The van der Waals surface area contributed by atoms with E-state index in [0.29, 0.717) is 24.8 Å². The lowest BCUT2D eigenvalue weighted by atomic mass is 10.2. The molecule has 0 atom stereocenters. The SMILES string of the molecule is CC(C)c1noc(NCCC#N)n1. The molecule has 1 aromatic rings. The fourth-order valence-electron chi connectivity index (χ4n) is 0.767. The molecule has 0 amide bonds. The van der Waals surface area contributed by atoms with Crippen molar-refractivity contribution in [3.8, 4) is 6.07 Å². The summed E-state index contributed by atoms with van der Waals surface area (Å²) in [7, 11) is 0. The number of rotatable bonds is 4. The molecule has 0 spiro atoms. The van der Waals surface area contributed by atoms with Crippen LogP contribution in [0.25, 0.3) is 0 Å². The van der Waals surface area contributed by atoms with Crippen molar-refractivity contribution in [1.82, 2.24) is 10.1 Å². The van der Waals surface area contributed by atoms with Crippen LogP contribution in [-0.2, 0) is 0 Å². The van der Waals surface area contributed by atoms with Gasteiger partial charge >= 0.3 is 6.01 Å². The first-order chi connectivity index (χ1) is 6.24. The highest BCUT2D eigenvalue weighted by Crippen LogP contribution is 2.11. The van der Waals surface area contributed by atoms with Gasteiger partial charge in [-0.15, -0.1) is 0 Å². The Morgan fingerprint density at radius 1 is 1.62 bits per heavy atom. The number of nitrogens with one attached hydrogen (secondary N) is 1. The van der Waals surface area contributed by atoms with E-state index in [1.807, 2.05) is 19.9 Å². The van der Waals surface area contributed by atoms with Crippen molar-refractivity contribution in [1.29, 1.82) is 5.26 Å². The Labute approximate surface area is 76.7 Å². The summed E-state index contributed by atoms with van der Waals surface area (Å²) in [4.78, 5) is 4.08. The van der Waals surface area contributed by atoms with Crippen LogP contribution in [-0.4, -0.2) is 16.7 Å². The van der Waals surface area contributed by atoms with Crippen molar-refractivity contribution < 1.29 is 4.52 Å². The van der Waals surface area contributed by atoms with Crippen LogP contribution in [0, 0.1) is 11.3 Å². The molecular formula is C8H12N4O. The molecule has 5 heteroatoms. The van der Waals surface area contributed by atoms with Gasteiger partial charge in [0, 0.05) is 12.5 Å². The minimum Gasteiger partial charge on any atom is -0.337 e. The number of hydrogen-bond acceptors (Lipinski definition) is 5. The van der Waals surface area contributed by atoms with Crippen LogP contribution in [0.3, 0.4) is 0 Å². The molecule has 1 aromatic heterocycles. The molecule has 0 unspecified atom stereocenters. The lowest BCUT2D eigenvalue weighted by Gasteiger charge is -1.94. The summed E-state index contributed by atoms with van der Waals surface area (Å²) in [6.45, 7) is 4.52. The first-order valence-electron chi connectivity index (χ1n) is 4.18. The molecule has 0 aliphatic rings. The maximum Gasteiger partial charge on any atom is 0.321 e. The van der Waals surface area contributed by atoms with Crippen LogP contribution in [0.5, 0.6) is 0 Å². The smallest absolute Gasteiger partial charge is 0.321 e.